The molecule has 1 fully saturated rings. The van der Waals surface area contributed by atoms with Crippen LogP contribution in [0.5, 0.6) is 0 Å². The van der Waals surface area contributed by atoms with Crippen molar-refractivity contribution in [1.29, 1.82) is 0 Å². The quantitative estimate of drug-likeness (QED) is 0.665. The number of thioether (sulfide) groups is 1. The van der Waals surface area contributed by atoms with E-state index < -0.39 is 0 Å². The predicted molar refractivity (Wildman–Crippen MR) is 43.4 cm³/mol. The minimum absolute atomic E-state index is 0.120. The second-order valence-electron chi connectivity index (χ2n) is 2.55. The largest absolute Gasteiger partial charge is 0.392 e. The van der Waals surface area contributed by atoms with E-state index >= 15 is 0 Å². The Balaban J connectivity index is 1.93. The summed E-state index contributed by atoms with van der Waals surface area (Å²) in [5, 5.41) is 9.82. The van der Waals surface area contributed by atoms with E-state index in [0.29, 0.717) is 5.25 Å². The van der Waals surface area contributed by atoms with Gasteiger partial charge >= 0.3 is 0 Å². The molecule has 0 saturated carbocycles. The Morgan fingerprint density at radius 1 is 1.70 bits per heavy atom. The van der Waals surface area contributed by atoms with Gasteiger partial charge in [-0.2, -0.15) is 11.8 Å². The van der Waals surface area contributed by atoms with Crippen molar-refractivity contribution in [2.45, 2.75) is 24.7 Å². The molecule has 0 aromatic rings. The van der Waals surface area contributed by atoms with Crippen LogP contribution in [0.1, 0.15) is 13.3 Å². The molecule has 1 rings (SSSR count). The summed E-state index contributed by atoms with van der Waals surface area (Å²) in [4.78, 5) is 0. The summed E-state index contributed by atoms with van der Waals surface area (Å²) in [6.07, 6.45) is 0.742. The average molecular weight is 162 g/mol. The smallest absolute Gasteiger partial charge is 0.0628 e. The molecule has 0 radical (unpaired) electrons. The van der Waals surface area contributed by atoms with Crippen molar-refractivity contribution in [3.63, 3.8) is 0 Å². The summed E-state index contributed by atoms with van der Waals surface area (Å²) in [6, 6.07) is 0. The van der Waals surface area contributed by atoms with Crippen LogP contribution in [0.25, 0.3) is 0 Å². The molecule has 1 saturated heterocycles. The van der Waals surface area contributed by atoms with Gasteiger partial charge in [-0.15, -0.1) is 0 Å². The number of hydrogen-bond donors (Lipinski definition) is 1. The third-order valence-corrected chi connectivity index (χ3v) is 2.92. The maximum absolute atomic E-state index is 9.16. The Kier molecular flexibility index (Phi) is 3.52. The average Bonchev–Trinajstić information content (AvgIpc) is 1.84. The van der Waals surface area contributed by atoms with E-state index in [2.05, 4.69) is 0 Å². The van der Waals surface area contributed by atoms with Crippen molar-refractivity contribution in [2.75, 3.05) is 19.0 Å². The van der Waals surface area contributed by atoms with Crippen molar-refractivity contribution < 1.29 is 9.84 Å². The Morgan fingerprint density at radius 3 is 2.80 bits per heavy atom. The molecular weight excluding hydrogens is 148 g/mol. The van der Waals surface area contributed by atoms with Gasteiger partial charge < -0.3 is 9.84 Å². The number of ether oxygens (including phenoxy) is 1. The van der Waals surface area contributed by atoms with Crippen LogP contribution >= 0.6 is 11.8 Å². The van der Waals surface area contributed by atoms with E-state index in [0.717, 1.165) is 25.4 Å². The molecule has 1 N–H and O–H groups in total. The van der Waals surface area contributed by atoms with Gasteiger partial charge in [0.05, 0.1) is 24.6 Å². The van der Waals surface area contributed by atoms with Crippen LogP contribution in [0.2, 0.25) is 0 Å². The molecule has 10 heavy (non-hydrogen) atoms. The fourth-order valence-electron chi connectivity index (χ4n) is 0.675. The highest BCUT2D eigenvalue weighted by molar-refractivity contribution is 8.00. The monoisotopic (exact) mass is 162 g/mol. The van der Waals surface area contributed by atoms with Crippen molar-refractivity contribution in [3.8, 4) is 0 Å². The van der Waals surface area contributed by atoms with Crippen molar-refractivity contribution >= 4 is 11.8 Å². The number of aliphatic hydroxyl groups is 1. The lowest BCUT2D eigenvalue weighted by atomic mass is 10.3. The van der Waals surface area contributed by atoms with Crippen LogP contribution in [-0.4, -0.2) is 35.4 Å². The first-order valence-corrected chi connectivity index (χ1v) is 4.75. The summed E-state index contributed by atoms with van der Waals surface area (Å²) in [5.41, 5.74) is 0. The van der Waals surface area contributed by atoms with Gasteiger partial charge in [0.2, 0.25) is 0 Å². The van der Waals surface area contributed by atoms with Crippen LogP contribution < -0.4 is 0 Å². The molecule has 1 aliphatic heterocycles. The van der Waals surface area contributed by atoms with Crippen molar-refractivity contribution in [3.05, 3.63) is 0 Å². The Bertz CT molecular complexity index is 88.9. The van der Waals surface area contributed by atoms with Gasteiger partial charge in [-0.05, 0) is 6.42 Å². The second-order valence-corrected chi connectivity index (χ2v) is 3.89. The Labute approximate surface area is 66.0 Å². The van der Waals surface area contributed by atoms with Gasteiger partial charge in [0, 0.05) is 5.75 Å². The summed E-state index contributed by atoms with van der Waals surface area (Å²) in [5.74, 6) is 0.866. The molecule has 1 heterocycles. The van der Waals surface area contributed by atoms with Crippen LogP contribution in [0.4, 0.5) is 0 Å². The van der Waals surface area contributed by atoms with Crippen LogP contribution in [0, 0.1) is 0 Å². The van der Waals surface area contributed by atoms with Gasteiger partial charge in [0.1, 0.15) is 0 Å². The SMILES string of the molecule is CCC(O)CSC1COC1. The highest BCUT2D eigenvalue weighted by Gasteiger charge is 2.19. The zero-order chi connectivity index (χ0) is 7.40. The standard InChI is InChI=1S/C7H14O2S/c1-2-6(8)5-10-7-3-9-4-7/h6-8H,2-5H2,1H3. The lowest BCUT2D eigenvalue weighted by molar-refractivity contribution is 0.0452. The predicted octanol–water partition coefficient (Wildman–Crippen LogP) is 0.889. The molecule has 0 bridgehead atoms. The van der Waals surface area contributed by atoms with E-state index in [1.54, 1.807) is 0 Å². The molecule has 0 amide bonds. The van der Waals surface area contributed by atoms with E-state index in [1.165, 1.54) is 0 Å². The molecule has 1 unspecified atom stereocenters. The Morgan fingerprint density at radius 2 is 2.40 bits per heavy atom. The maximum Gasteiger partial charge on any atom is 0.0628 e. The fraction of sp³-hybridized carbons (Fsp3) is 1.00. The lowest BCUT2D eigenvalue weighted by Gasteiger charge is -2.25. The molecule has 0 aromatic carbocycles. The van der Waals surface area contributed by atoms with E-state index in [-0.39, 0.29) is 6.10 Å². The number of hydrogen-bond acceptors (Lipinski definition) is 3. The van der Waals surface area contributed by atoms with Crippen LogP contribution in [0.15, 0.2) is 0 Å². The summed E-state index contributed by atoms with van der Waals surface area (Å²) >= 11 is 1.82. The molecule has 3 heteroatoms. The molecule has 0 aromatic heterocycles. The highest BCUT2D eigenvalue weighted by Crippen LogP contribution is 2.19. The van der Waals surface area contributed by atoms with Crippen LogP contribution in [0.3, 0.4) is 0 Å². The first-order valence-electron chi connectivity index (χ1n) is 3.70. The van der Waals surface area contributed by atoms with E-state index in [1.807, 2.05) is 18.7 Å². The zero-order valence-electron chi connectivity index (χ0n) is 6.25. The van der Waals surface area contributed by atoms with Crippen LogP contribution in [-0.2, 0) is 4.74 Å². The number of rotatable bonds is 4. The Hall–Kier alpha value is 0.270. The van der Waals surface area contributed by atoms with Crippen molar-refractivity contribution in [1.82, 2.24) is 0 Å². The van der Waals surface area contributed by atoms with Gasteiger partial charge in [-0.25, -0.2) is 0 Å². The summed E-state index contributed by atoms with van der Waals surface area (Å²) < 4.78 is 5.00. The van der Waals surface area contributed by atoms with Gasteiger partial charge in [-0.1, -0.05) is 6.92 Å². The summed E-state index contributed by atoms with van der Waals surface area (Å²) in [7, 11) is 0. The fourth-order valence-corrected chi connectivity index (χ4v) is 1.79. The second kappa shape index (κ2) is 4.21. The first-order chi connectivity index (χ1) is 4.83. The molecule has 0 aliphatic carbocycles. The topological polar surface area (TPSA) is 29.5 Å². The molecular formula is C7H14O2S. The molecule has 2 nitrogen and oxygen atoms in total. The number of aliphatic hydroxyl groups excluding tert-OH is 1. The van der Waals surface area contributed by atoms with E-state index in [9.17, 15) is 0 Å². The molecule has 0 spiro atoms. The molecule has 60 valence electrons. The normalized spacial score (nSPS) is 22.2. The van der Waals surface area contributed by atoms with Gasteiger partial charge in [0.15, 0.2) is 0 Å². The zero-order valence-corrected chi connectivity index (χ0v) is 7.06. The molecule has 1 aliphatic rings. The third-order valence-electron chi connectivity index (χ3n) is 1.60. The highest BCUT2D eigenvalue weighted by atomic mass is 32.2. The van der Waals surface area contributed by atoms with Gasteiger partial charge in [-0.3, -0.25) is 0 Å². The minimum atomic E-state index is -0.120. The lowest BCUT2D eigenvalue weighted by Crippen LogP contribution is -2.31. The first kappa shape index (κ1) is 8.37. The van der Waals surface area contributed by atoms with Crippen molar-refractivity contribution in [2.24, 2.45) is 0 Å². The molecule has 1 atom stereocenters. The van der Waals surface area contributed by atoms with Gasteiger partial charge in [0.25, 0.3) is 0 Å². The maximum atomic E-state index is 9.16. The third kappa shape index (κ3) is 2.48. The van der Waals surface area contributed by atoms with E-state index in [4.69, 9.17) is 9.84 Å². The minimum Gasteiger partial charge on any atom is -0.392 e. The summed E-state index contributed by atoms with van der Waals surface area (Å²) in [6.45, 7) is 3.75.